The maximum Gasteiger partial charge on any atom is 0.490 e. The number of rotatable bonds is 8. The number of nitrogens with zero attached hydrogens (tertiary/aromatic N) is 2. The number of anilines is 1. The van der Waals surface area contributed by atoms with Gasteiger partial charge in [-0.25, -0.2) is 19.6 Å². The van der Waals surface area contributed by atoms with E-state index in [2.05, 4.69) is 32.8 Å². The monoisotopic (exact) mass is 657 g/mol. The van der Waals surface area contributed by atoms with Crippen LogP contribution in [0.4, 0.5) is 32.2 Å². The average molecular weight is 658 g/mol. The van der Waals surface area contributed by atoms with Gasteiger partial charge >= 0.3 is 24.3 Å². The van der Waals surface area contributed by atoms with E-state index in [1.807, 2.05) is 25.1 Å². The molecule has 2 aromatic rings. The minimum Gasteiger partial charge on any atom is -0.475 e. The third-order valence-electron chi connectivity index (χ3n) is 5.70. The SMILES string of the molecule is CCSCCNC(=O)c1nc(NC2CCCCC2NC(=N)N)c2cc(C)ccc2n1.O=C(O)C(F)(F)F.O=C(O)C(F)(F)F. The first kappa shape index (κ1) is 38.0. The van der Waals surface area contributed by atoms with Crippen molar-refractivity contribution in [3.05, 3.63) is 29.6 Å². The van der Waals surface area contributed by atoms with E-state index in [0.717, 1.165) is 53.7 Å². The van der Waals surface area contributed by atoms with Crippen LogP contribution in [0.3, 0.4) is 0 Å². The van der Waals surface area contributed by atoms with Gasteiger partial charge in [0, 0.05) is 29.8 Å². The smallest absolute Gasteiger partial charge is 0.475 e. The first-order valence-corrected chi connectivity index (χ1v) is 14.1. The number of benzene rings is 1. The van der Waals surface area contributed by atoms with E-state index >= 15 is 0 Å². The summed E-state index contributed by atoms with van der Waals surface area (Å²) in [6.07, 6.45) is -6.10. The molecule has 0 bridgehead atoms. The van der Waals surface area contributed by atoms with Gasteiger partial charge in [0.1, 0.15) is 5.82 Å². The summed E-state index contributed by atoms with van der Waals surface area (Å²) in [5.74, 6) is -3.10. The number of aliphatic carboxylic acids is 2. The van der Waals surface area contributed by atoms with Crippen LogP contribution in [-0.4, -0.2) is 86.5 Å². The van der Waals surface area contributed by atoms with E-state index in [4.69, 9.17) is 30.9 Å². The Morgan fingerprint density at radius 3 is 2.07 bits per heavy atom. The zero-order valence-electron chi connectivity index (χ0n) is 23.6. The van der Waals surface area contributed by atoms with Gasteiger partial charge < -0.3 is 31.9 Å². The fraction of sp³-hybridized carbons (Fsp3) is 0.520. The molecule has 1 aromatic heterocycles. The predicted octanol–water partition coefficient (Wildman–Crippen LogP) is 3.89. The number of hydrogen-bond donors (Lipinski definition) is 7. The molecule has 1 saturated carbocycles. The summed E-state index contributed by atoms with van der Waals surface area (Å²) in [6, 6.07) is 6.06. The number of alkyl halides is 6. The van der Waals surface area contributed by atoms with Crippen LogP contribution in [0.2, 0.25) is 0 Å². The fourth-order valence-corrected chi connectivity index (χ4v) is 4.30. The highest BCUT2D eigenvalue weighted by Crippen LogP contribution is 2.27. The van der Waals surface area contributed by atoms with Crippen LogP contribution in [-0.2, 0) is 9.59 Å². The van der Waals surface area contributed by atoms with Crippen molar-refractivity contribution in [1.82, 2.24) is 20.6 Å². The molecular formula is C25H33F6N7O5S. The Labute approximate surface area is 252 Å². The topological polar surface area (TPSA) is 203 Å². The molecule has 0 aliphatic heterocycles. The van der Waals surface area contributed by atoms with Crippen molar-refractivity contribution in [3.8, 4) is 0 Å². The highest BCUT2D eigenvalue weighted by atomic mass is 32.2. The molecule has 1 aliphatic carbocycles. The van der Waals surface area contributed by atoms with Crippen LogP contribution >= 0.6 is 11.8 Å². The Morgan fingerprint density at radius 2 is 1.57 bits per heavy atom. The second-order valence-corrected chi connectivity index (χ2v) is 10.6. The Morgan fingerprint density at radius 1 is 1.02 bits per heavy atom. The molecule has 44 heavy (non-hydrogen) atoms. The van der Waals surface area contributed by atoms with Gasteiger partial charge in [0.25, 0.3) is 5.91 Å². The molecule has 2 unspecified atom stereocenters. The number of halogens is 6. The minimum absolute atomic E-state index is 0.0258. The van der Waals surface area contributed by atoms with Gasteiger partial charge in [-0.3, -0.25) is 10.2 Å². The number of carboxylic acid groups (broad SMARTS) is 2. The van der Waals surface area contributed by atoms with Crippen molar-refractivity contribution < 1.29 is 50.9 Å². The van der Waals surface area contributed by atoms with E-state index in [9.17, 15) is 31.1 Å². The van der Waals surface area contributed by atoms with Gasteiger partial charge in [0.05, 0.1) is 5.52 Å². The van der Waals surface area contributed by atoms with Crippen LogP contribution in [0.15, 0.2) is 18.2 Å². The summed E-state index contributed by atoms with van der Waals surface area (Å²) >= 11 is 1.78. The first-order chi connectivity index (χ1) is 20.4. The Hall–Kier alpha value is -4.03. The van der Waals surface area contributed by atoms with Gasteiger partial charge in [-0.05, 0) is 37.7 Å². The van der Waals surface area contributed by atoms with Gasteiger partial charge in [-0.2, -0.15) is 38.1 Å². The Kier molecular flexibility index (Phi) is 14.9. The number of amides is 1. The van der Waals surface area contributed by atoms with Gasteiger partial charge in [-0.1, -0.05) is 31.4 Å². The number of thioether (sulfide) groups is 1. The third kappa shape index (κ3) is 13.5. The summed E-state index contributed by atoms with van der Waals surface area (Å²) in [5, 5.41) is 32.2. The molecule has 19 heteroatoms. The molecule has 0 spiro atoms. The van der Waals surface area contributed by atoms with Crippen LogP contribution in [0.25, 0.3) is 10.9 Å². The number of nitrogens with two attached hydrogens (primary N) is 1. The quantitative estimate of drug-likeness (QED) is 0.0939. The van der Waals surface area contributed by atoms with E-state index in [1.54, 1.807) is 11.8 Å². The molecule has 1 amide bonds. The fourth-order valence-electron chi connectivity index (χ4n) is 3.77. The summed E-state index contributed by atoms with van der Waals surface area (Å²) in [5.41, 5.74) is 7.42. The summed E-state index contributed by atoms with van der Waals surface area (Å²) in [6.45, 7) is 4.71. The van der Waals surface area contributed by atoms with Crippen molar-refractivity contribution in [2.24, 2.45) is 5.73 Å². The molecular weight excluding hydrogens is 624 g/mol. The molecule has 1 heterocycles. The van der Waals surface area contributed by atoms with Gasteiger partial charge in [0.15, 0.2) is 5.96 Å². The maximum atomic E-state index is 12.6. The van der Waals surface area contributed by atoms with Crippen LogP contribution < -0.4 is 21.7 Å². The number of carbonyl (C=O) groups is 3. The van der Waals surface area contributed by atoms with Crippen molar-refractivity contribution >= 4 is 52.3 Å². The van der Waals surface area contributed by atoms with Crippen molar-refractivity contribution in [3.63, 3.8) is 0 Å². The molecule has 2 atom stereocenters. The number of fused-ring (bicyclic) bond motifs is 1. The minimum atomic E-state index is -5.08. The lowest BCUT2D eigenvalue weighted by molar-refractivity contribution is -0.193. The van der Waals surface area contributed by atoms with Crippen LogP contribution in [0.1, 0.15) is 48.8 Å². The lowest BCUT2D eigenvalue weighted by Crippen LogP contribution is -2.50. The van der Waals surface area contributed by atoms with Crippen molar-refractivity contribution in [2.45, 2.75) is 64.0 Å². The van der Waals surface area contributed by atoms with E-state index in [0.29, 0.717) is 12.4 Å². The van der Waals surface area contributed by atoms with E-state index in [1.165, 1.54) is 0 Å². The van der Waals surface area contributed by atoms with Crippen molar-refractivity contribution in [1.29, 1.82) is 5.41 Å². The highest BCUT2D eigenvalue weighted by Gasteiger charge is 2.39. The summed E-state index contributed by atoms with van der Waals surface area (Å²) in [4.78, 5) is 39.5. The molecule has 0 saturated heterocycles. The number of aryl methyl sites for hydroxylation is 1. The molecule has 0 radical (unpaired) electrons. The number of guanidine groups is 1. The lowest BCUT2D eigenvalue weighted by Gasteiger charge is -2.33. The maximum absolute atomic E-state index is 12.6. The molecule has 3 rings (SSSR count). The molecule has 1 aliphatic rings. The lowest BCUT2D eigenvalue weighted by atomic mass is 9.90. The van der Waals surface area contributed by atoms with Crippen LogP contribution in [0, 0.1) is 12.3 Å². The molecule has 1 fully saturated rings. The molecule has 8 N–H and O–H groups in total. The number of aromatic nitrogens is 2. The Balaban J connectivity index is 0.000000574. The molecule has 1 aromatic carbocycles. The third-order valence-corrected chi connectivity index (χ3v) is 6.61. The van der Waals surface area contributed by atoms with Crippen LogP contribution in [0.5, 0.6) is 0 Å². The van der Waals surface area contributed by atoms with Crippen molar-refractivity contribution in [2.75, 3.05) is 23.4 Å². The highest BCUT2D eigenvalue weighted by molar-refractivity contribution is 7.99. The average Bonchev–Trinajstić information content (AvgIpc) is 2.91. The van der Waals surface area contributed by atoms with Gasteiger partial charge in [0.2, 0.25) is 5.82 Å². The zero-order chi connectivity index (χ0) is 33.7. The second kappa shape index (κ2) is 17.3. The predicted molar refractivity (Wildman–Crippen MR) is 152 cm³/mol. The number of hydrogen-bond acceptors (Lipinski definition) is 8. The largest absolute Gasteiger partial charge is 0.490 e. The standard InChI is InChI=1S/C21H31N7OS.2C2HF3O2/c1-3-30-11-10-24-20(29)19-25-15-9-8-13(2)12-14(15)18(28-19)26-16-6-4-5-7-17(16)27-21(22)23;2*3-2(4,5)1(6)7/h8-9,12,16-17H,3-7,10-11H2,1-2H3,(H,24,29)(H4,22,23,27)(H,25,26,28);2*(H,6,7). The summed E-state index contributed by atoms with van der Waals surface area (Å²) in [7, 11) is 0. The zero-order valence-corrected chi connectivity index (χ0v) is 24.4. The van der Waals surface area contributed by atoms with E-state index < -0.39 is 24.3 Å². The second-order valence-electron chi connectivity index (χ2n) is 9.17. The summed E-state index contributed by atoms with van der Waals surface area (Å²) < 4.78 is 63.5. The number of carbonyl (C=O) groups excluding carboxylic acids is 1. The normalized spacial score (nSPS) is 16.4. The Bertz CT molecular complexity index is 1270. The van der Waals surface area contributed by atoms with E-state index in [-0.39, 0.29) is 29.8 Å². The number of nitrogens with one attached hydrogen (secondary N) is 4. The first-order valence-electron chi connectivity index (χ1n) is 13.0. The number of carboxylic acids is 2. The molecule has 12 nitrogen and oxygen atoms in total. The van der Waals surface area contributed by atoms with Gasteiger partial charge in [-0.15, -0.1) is 0 Å². The molecule has 246 valence electrons.